The second kappa shape index (κ2) is 10.6. The molecule has 25 heavy (non-hydrogen) atoms. The number of aliphatic imine (C=N–C) groups is 1. The largest absolute Gasteiger partial charge is 0.381 e. The van der Waals surface area contributed by atoms with Crippen molar-refractivity contribution >= 4 is 17.7 Å². The Labute approximate surface area is 158 Å². The minimum atomic E-state index is 0.251. The molecular formula is C19H38N4OS. The molecule has 0 bridgehead atoms. The Hall–Kier alpha value is -0.460. The van der Waals surface area contributed by atoms with Gasteiger partial charge in [-0.25, -0.2) is 0 Å². The fourth-order valence-electron chi connectivity index (χ4n) is 3.68. The third kappa shape index (κ3) is 6.99. The molecule has 6 heteroatoms. The summed E-state index contributed by atoms with van der Waals surface area (Å²) in [6, 6.07) is 0.543. The van der Waals surface area contributed by atoms with Gasteiger partial charge in [-0.15, -0.1) is 0 Å². The van der Waals surface area contributed by atoms with Crippen molar-refractivity contribution in [1.82, 2.24) is 15.5 Å². The Morgan fingerprint density at radius 2 is 1.96 bits per heavy atom. The molecule has 0 spiro atoms. The van der Waals surface area contributed by atoms with Gasteiger partial charge in [0, 0.05) is 50.2 Å². The van der Waals surface area contributed by atoms with Crippen molar-refractivity contribution in [3.63, 3.8) is 0 Å². The molecule has 0 aliphatic carbocycles. The lowest BCUT2D eigenvalue weighted by Gasteiger charge is -2.35. The molecule has 0 atom stereocenters. The Bertz CT molecular complexity index is 402. The maximum absolute atomic E-state index is 5.54. The zero-order valence-electron chi connectivity index (χ0n) is 16.6. The lowest BCUT2D eigenvalue weighted by atomic mass is 9.99. The average molecular weight is 371 g/mol. The minimum Gasteiger partial charge on any atom is -0.381 e. The van der Waals surface area contributed by atoms with Gasteiger partial charge in [0.2, 0.25) is 0 Å². The van der Waals surface area contributed by atoms with Crippen LogP contribution in [0.4, 0.5) is 0 Å². The summed E-state index contributed by atoms with van der Waals surface area (Å²) in [5.74, 6) is 1.75. The lowest BCUT2D eigenvalue weighted by Crippen LogP contribution is -2.49. The lowest BCUT2D eigenvalue weighted by molar-refractivity contribution is 0.0794. The summed E-state index contributed by atoms with van der Waals surface area (Å²) in [4.78, 5) is 7.54. The zero-order chi connectivity index (χ0) is 18.1. The van der Waals surface area contributed by atoms with Crippen LogP contribution in [0, 0.1) is 5.92 Å². The summed E-state index contributed by atoms with van der Waals surface area (Å²) in [7, 11) is 0. The second-order valence-electron chi connectivity index (χ2n) is 7.81. The van der Waals surface area contributed by atoms with Crippen LogP contribution < -0.4 is 10.6 Å². The maximum atomic E-state index is 5.54. The fourth-order valence-corrected chi connectivity index (χ4v) is 4.45. The minimum absolute atomic E-state index is 0.251. The van der Waals surface area contributed by atoms with Crippen LogP contribution in [0.15, 0.2) is 4.99 Å². The summed E-state index contributed by atoms with van der Waals surface area (Å²) < 4.78 is 5.79. The zero-order valence-corrected chi connectivity index (χ0v) is 17.5. The van der Waals surface area contributed by atoms with Gasteiger partial charge < -0.3 is 20.3 Å². The van der Waals surface area contributed by atoms with Crippen LogP contribution in [0.3, 0.4) is 0 Å². The first-order valence-electron chi connectivity index (χ1n) is 9.97. The van der Waals surface area contributed by atoms with E-state index in [9.17, 15) is 0 Å². The number of nitrogens with zero attached hydrogens (tertiary/aromatic N) is 2. The molecule has 146 valence electrons. The number of thioether (sulfide) groups is 1. The van der Waals surface area contributed by atoms with E-state index in [0.717, 1.165) is 51.0 Å². The second-order valence-corrected chi connectivity index (χ2v) is 9.08. The van der Waals surface area contributed by atoms with Crippen LogP contribution in [-0.4, -0.2) is 73.8 Å². The summed E-state index contributed by atoms with van der Waals surface area (Å²) in [5.41, 5.74) is 0. The molecule has 5 nitrogen and oxygen atoms in total. The number of likely N-dealkylation sites (tertiary alicyclic amines) is 1. The van der Waals surface area contributed by atoms with Crippen LogP contribution >= 0.6 is 11.8 Å². The third-order valence-corrected chi connectivity index (χ3v) is 6.66. The molecule has 0 aromatic rings. The standard InChI is InChI=1S/C19H38N4OS/c1-5-20-18(21-15-19(25-4)8-12-24-13-9-19)22-17-6-10-23(11-7-17)14-16(2)3/h16-17H,5-15H2,1-4H3,(H2,20,21,22). The summed E-state index contributed by atoms with van der Waals surface area (Å²) in [6.07, 6.45) is 6.83. The van der Waals surface area contributed by atoms with Crippen molar-refractivity contribution in [3.8, 4) is 0 Å². The van der Waals surface area contributed by atoms with E-state index in [1.54, 1.807) is 0 Å². The Kier molecular flexibility index (Phi) is 8.87. The van der Waals surface area contributed by atoms with Gasteiger partial charge in [0.15, 0.2) is 5.96 Å². The molecule has 0 unspecified atom stereocenters. The van der Waals surface area contributed by atoms with Crippen molar-refractivity contribution < 1.29 is 4.74 Å². The molecule has 2 N–H and O–H groups in total. The van der Waals surface area contributed by atoms with E-state index >= 15 is 0 Å². The Morgan fingerprint density at radius 1 is 1.28 bits per heavy atom. The SMILES string of the molecule is CCNC(=NCC1(SC)CCOCC1)NC1CCN(CC(C)C)CC1. The number of ether oxygens (including phenoxy) is 1. The predicted octanol–water partition coefficient (Wildman–Crippen LogP) is 2.57. The van der Waals surface area contributed by atoms with E-state index in [2.05, 4.69) is 42.6 Å². The van der Waals surface area contributed by atoms with Gasteiger partial charge in [-0.2, -0.15) is 11.8 Å². The predicted molar refractivity (Wildman–Crippen MR) is 110 cm³/mol. The highest BCUT2D eigenvalue weighted by atomic mass is 32.2. The summed E-state index contributed by atoms with van der Waals surface area (Å²) in [5, 5.41) is 7.12. The first kappa shape index (κ1) is 20.8. The van der Waals surface area contributed by atoms with Gasteiger partial charge in [-0.1, -0.05) is 13.8 Å². The van der Waals surface area contributed by atoms with Gasteiger partial charge in [-0.3, -0.25) is 4.99 Å². The van der Waals surface area contributed by atoms with Crippen molar-refractivity contribution in [2.45, 2.75) is 57.2 Å². The summed E-state index contributed by atoms with van der Waals surface area (Å²) in [6.45, 7) is 13.9. The van der Waals surface area contributed by atoms with Crippen LogP contribution in [0.1, 0.15) is 46.5 Å². The fraction of sp³-hybridized carbons (Fsp3) is 0.947. The molecule has 2 aliphatic rings. The molecule has 0 amide bonds. The van der Waals surface area contributed by atoms with Crippen molar-refractivity contribution in [3.05, 3.63) is 0 Å². The average Bonchev–Trinajstić information content (AvgIpc) is 2.62. The van der Waals surface area contributed by atoms with Gasteiger partial charge >= 0.3 is 0 Å². The van der Waals surface area contributed by atoms with Crippen LogP contribution in [-0.2, 0) is 4.74 Å². The highest BCUT2D eigenvalue weighted by Crippen LogP contribution is 2.34. The smallest absolute Gasteiger partial charge is 0.191 e. The highest BCUT2D eigenvalue weighted by Gasteiger charge is 2.31. The van der Waals surface area contributed by atoms with E-state index in [-0.39, 0.29) is 4.75 Å². The van der Waals surface area contributed by atoms with Crippen LogP contribution in [0.2, 0.25) is 0 Å². The van der Waals surface area contributed by atoms with Crippen molar-refractivity contribution in [2.75, 3.05) is 52.2 Å². The van der Waals surface area contributed by atoms with Gasteiger partial charge in [0.05, 0.1) is 6.54 Å². The molecule has 0 saturated carbocycles. The molecule has 2 heterocycles. The molecule has 2 aliphatic heterocycles. The Morgan fingerprint density at radius 3 is 2.52 bits per heavy atom. The van der Waals surface area contributed by atoms with Crippen LogP contribution in [0.25, 0.3) is 0 Å². The molecule has 2 saturated heterocycles. The number of nitrogens with one attached hydrogen (secondary N) is 2. The molecule has 0 radical (unpaired) electrons. The van der Waals surface area contributed by atoms with Gasteiger partial charge in [0.25, 0.3) is 0 Å². The van der Waals surface area contributed by atoms with E-state index in [4.69, 9.17) is 9.73 Å². The number of hydrogen-bond acceptors (Lipinski definition) is 4. The van der Waals surface area contributed by atoms with Crippen molar-refractivity contribution in [1.29, 1.82) is 0 Å². The quantitative estimate of drug-likeness (QED) is 0.533. The maximum Gasteiger partial charge on any atom is 0.191 e. The highest BCUT2D eigenvalue weighted by molar-refractivity contribution is 8.00. The van der Waals surface area contributed by atoms with Crippen LogP contribution in [0.5, 0.6) is 0 Å². The molecule has 0 aromatic heterocycles. The third-order valence-electron chi connectivity index (χ3n) is 5.26. The number of hydrogen-bond donors (Lipinski definition) is 2. The number of rotatable bonds is 7. The molecular weight excluding hydrogens is 332 g/mol. The first-order chi connectivity index (χ1) is 12.1. The molecule has 2 rings (SSSR count). The molecule has 0 aromatic carbocycles. The normalized spacial score (nSPS) is 23.0. The number of guanidine groups is 1. The van der Waals surface area contributed by atoms with E-state index in [1.807, 2.05) is 11.8 Å². The monoisotopic (exact) mass is 370 g/mol. The topological polar surface area (TPSA) is 48.9 Å². The summed E-state index contributed by atoms with van der Waals surface area (Å²) >= 11 is 1.96. The Balaban J connectivity index is 1.85. The van der Waals surface area contributed by atoms with E-state index in [0.29, 0.717) is 6.04 Å². The van der Waals surface area contributed by atoms with Gasteiger partial charge in [0.1, 0.15) is 0 Å². The first-order valence-corrected chi connectivity index (χ1v) is 11.2. The molecule has 2 fully saturated rings. The van der Waals surface area contributed by atoms with E-state index < -0.39 is 0 Å². The number of piperidine rings is 1. The van der Waals surface area contributed by atoms with Gasteiger partial charge in [-0.05, 0) is 44.8 Å². The van der Waals surface area contributed by atoms with E-state index in [1.165, 1.54) is 32.5 Å². The van der Waals surface area contributed by atoms with Crippen molar-refractivity contribution in [2.24, 2.45) is 10.9 Å².